The van der Waals surface area contributed by atoms with Crippen LogP contribution in [0.5, 0.6) is 0 Å². The van der Waals surface area contributed by atoms with Crippen LogP contribution in [0.15, 0.2) is 29.4 Å². The fourth-order valence-corrected chi connectivity index (χ4v) is 3.57. The predicted molar refractivity (Wildman–Crippen MR) is 77.1 cm³/mol. The second kappa shape index (κ2) is 4.94. The molecule has 0 saturated heterocycles. The van der Waals surface area contributed by atoms with Crippen molar-refractivity contribution in [3.8, 4) is 0 Å². The zero-order chi connectivity index (χ0) is 16.1. The quantitative estimate of drug-likeness (QED) is 0.855. The Kier molecular flexibility index (Phi) is 3.42. The van der Waals surface area contributed by atoms with Gasteiger partial charge in [0.25, 0.3) is 11.6 Å². The van der Waals surface area contributed by atoms with Crippen LogP contribution in [-0.2, 0) is 0 Å². The summed E-state index contributed by atoms with van der Waals surface area (Å²) < 4.78 is 39.7. The summed E-state index contributed by atoms with van der Waals surface area (Å²) in [5, 5.41) is 13.8. The fourth-order valence-electron chi connectivity index (χ4n) is 2.14. The molecule has 0 radical (unpaired) electrons. The van der Waals surface area contributed by atoms with E-state index in [9.17, 15) is 23.1 Å². The number of amides is 1. The Hall–Kier alpha value is -1.64. The van der Waals surface area contributed by atoms with E-state index in [0.717, 1.165) is 17.6 Å². The topological polar surface area (TPSA) is 52.9 Å². The number of carbonyl (C=O) groups excluding carboxylic acids is 1. The molecule has 22 heavy (non-hydrogen) atoms. The molecule has 0 bridgehead atoms. The van der Waals surface area contributed by atoms with E-state index in [1.165, 1.54) is 0 Å². The molecule has 1 aromatic carbocycles. The molecule has 4 nitrogen and oxygen atoms in total. The van der Waals surface area contributed by atoms with Crippen LogP contribution in [0, 0.1) is 0 Å². The lowest BCUT2D eigenvalue weighted by molar-refractivity contribution is -0.297. The summed E-state index contributed by atoms with van der Waals surface area (Å²) >= 11 is 7.04. The third-order valence-corrected chi connectivity index (χ3v) is 4.96. The van der Waals surface area contributed by atoms with Crippen molar-refractivity contribution in [1.29, 1.82) is 0 Å². The summed E-state index contributed by atoms with van der Waals surface area (Å²) in [5.74, 6) is -1.08. The minimum absolute atomic E-state index is 0.0452. The number of nitrogens with zero attached hydrogens (tertiary/aromatic N) is 2. The van der Waals surface area contributed by atoms with E-state index in [2.05, 4.69) is 5.10 Å². The first kappa shape index (κ1) is 15.3. The number of thiophene rings is 1. The Labute approximate surface area is 131 Å². The molecular weight excluding hydrogens is 341 g/mol. The second-order valence-electron chi connectivity index (χ2n) is 4.67. The number of hydrogen-bond acceptors (Lipinski definition) is 4. The third-order valence-electron chi connectivity index (χ3n) is 3.30. The number of fused-ring (bicyclic) bond motifs is 1. The van der Waals surface area contributed by atoms with Gasteiger partial charge >= 0.3 is 6.18 Å². The highest BCUT2D eigenvalue weighted by Crippen LogP contribution is 2.42. The van der Waals surface area contributed by atoms with Crippen molar-refractivity contribution < 1.29 is 23.1 Å². The van der Waals surface area contributed by atoms with Gasteiger partial charge in [-0.25, -0.2) is 0 Å². The van der Waals surface area contributed by atoms with E-state index >= 15 is 0 Å². The predicted octanol–water partition coefficient (Wildman–Crippen LogP) is 3.64. The van der Waals surface area contributed by atoms with Crippen LogP contribution in [-0.4, -0.2) is 34.1 Å². The Balaban J connectivity index is 2.06. The Morgan fingerprint density at radius 1 is 1.41 bits per heavy atom. The maximum Gasteiger partial charge on any atom is 0.438 e. The van der Waals surface area contributed by atoms with E-state index in [1.807, 2.05) is 0 Å². The van der Waals surface area contributed by atoms with Gasteiger partial charge in [0.2, 0.25) is 0 Å². The number of hydrazone groups is 1. The van der Waals surface area contributed by atoms with Crippen molar-refractivity contribution in [2.24, 2.45) is 5.10 Å². The van der Waals surface area contributed by atoms with Gasteiger partial charge in [-0.15, -0.1) is 11.3 Å². The second-order valence-corrected chi connectivity index (χ2v) is 6.10. The highest BCUT2D eigenvalue weighted by Gasteiger charge is 2.61. The zero-order valence-corrected chi connectivity index (χ0v) is 12.3. The molecule has 0 unspecified atom stereocenters. The maximum atomic E-state index is 13.0. The molecule has 0 aliphatic carbocycles. The maximum absolute atomic E-state index is 13.0. The molecule has 3 rings (SSSR count). The molecule has 1 aliphatic rings. The summed E-state index contributed by atoms with van der Waals surface area (Å²) in [6.45, 7) is 0. The summed E-state index contributed by atoms with van der Waals surface area (Å²) in [7, 11) is 0. The number of halogens is 4. The van der Waals surface area contributed by atoms with Crippen LogP contribution in [0.4, 0.5) is 13.2 Å². The molecular formula is C13H8ClF3N2O2S. The molecule has 0 fully saturated rings. The van der Waals surface area contributed by atoms with E-state index in [0.29, 0.717) is 10.1 Å². The highest BCUT2D eigenvalue weighted by molar-refractivity contribution is 7.21. The van der Waals surface area contributed by atoms with Crippen molar-refractivity contribution in [3.63, 3.8) is 0 Å². The summed E-state index contributed by atoms with van der Waals surface area (Å²) in [5.41, 5.74) is -3.34. The minimum Gasteiger partial charge on any atom is -0.362 e. The Bertz CT molecular complexity index is 789. The number of hydrogen-bond donors (Lipinski definition) is 1. The normalized spacial score (nSPS) is 21.8. The van der Waals surface area contributed by atoms with Crippen LogP contribution in [0.3, 0.4) is 0 Å². The Morgan fingerprint density at radius 2 is 2.09 bits per heavy atom. The average molecular weight is 349 g/mol. The van der Waals surface area contributed by atoms with Crippen LogP contribution in [0.2, 0.25) is 5.02 Å². The smallest absolute Gasteiger partial charge is 0.362 e. The molecule has 2 aromatic rings. The lowest BCUT2D eigenvalue weighted by atomic mass is 10.1. The van der Waals surface area contributed by atoms with Gasteiger partial charge in [-0.3, -0.25) is 4.79 Å². The van der Waals surface area contributed by atoms with Gasteiger partial charge in [0.1, 0.15) is 4.88 Å². The molecule has 0 spiro atoms. The van der Waals surface area contributed by atoms with E-state index < -0.39 is 24.2 Å². The van der Waals surface area contributed by atoms with Crippen molar-refractivity contribution >= 4 is 45.1 Å². The van der Waals surface area contributed by atoms with Crippen molar-refractivity contribution in [2.45, 2.75) is 18.3 Å². The molecule has 1 aromatic heterocycles. The van der Waals surface area contributed by atoms with Gasteiger partial charge in [-0.1, -0.05) is 29.8 Å². The largest absolute Gasteiger partial charge is 0.438 e. The summed E-state index contributed by atoms with van der Waals surface area (Å²) in [4.78, 5) is 12.3. The third kappa shape index (κ3) is 2.10. The van der Waals surface area contributed by atoms with Gasteiger partial charge in [0.15, 0.2) is 0 Å². The Morgan fingerprint density at radius 3 is 2.73 bits per heavy atom. The summed E-state index contributed by atoms with van der Waals surface area (Å²) in [6, 6.07) is 6.79. The lowest BCUT2D eigenvalue weighted by Crippen LogP contribution is -2.56. The van der Waals surface area contributed by atoms with Gasteiger partial charge in [-0.05, 0) is 6.07 Å². The van der Waals surface area contributed by atoms with Gasteiger partial charge in [-0.2, -0.15) is 23.3 Å². The standard InChI is InChI=1S/C13H8ClF3N2O2S/c14-9-7-3-1-2-4-8(7)22-10(9)11(20)19-12(21,5-6-18-19)13(15,16)17/h1-4,6,21H,5H2/t12-/m1/s1. The van der Waals surface area contributed by atoms with Crippen LogP contribution < -0.4 is 0 Å². The number of alkyl halides is 3. The first-order chi connectivity index (χ1) is 10.3. The van der Waals surface area contributed by atoms with Gasteiger partial charge < -0.3 is 5.11 Å². The number of rotatable bonds is 1. The number of benzene rings is 1. The van der Waals surface area contributed by atoms with Crippen LogP contribution in [0.1, 0.15) is 16.1 Å². The van der Waals surface area contributed by atoms with Crippen molar-refractivity contribution in [1.82, 2.24) is 5.01 Å². The molecule has 9 heteroatoms. The average Bonchev–Trinajstić information content (AvgIpc) is 3.00. The van der Waals surface area contributed by atoms with Crippen LogP contribution in [0.25, 0.3) is 10.1 Å². The first-order valence-electron chi connectivity index (χ1n) is 6.09. The van der Waals surface area contributed by atoms with Crippen LogP contribution >= 0.6 is 22.9 Å². The first-order valence-corrected chi connectivity index (χ1v) is 7.28. The molecule has 1 atom stereocenters. The number of carbonyl (C=O) groups is 1. The monoisotopic (exact) mass is 348 g/mol. The molecule has 116 valence electrons. The summed E-state index contributed by atoms with van der Waals surface area (Å²) in [6.07, 6.45) is -4.99. The molecule has 1 aliphatic heterocycles. The van der Waals surface area contributed by atoms with Crippen molar-refractivity contribution in [3.05, 3.63) is 34.2 Å². The molecule has 0 saturated carbocycles. The lowest BCUT2D eigenvalue weighted by Gasteiger charge is -2.32. The number of aliphatic hydroxyl groups is 1. The van der Waals surface area contributed by atoms with E-state index in [4.69, 9.17) is 11.6 Å². The van der Waals surface area contributed by atoms with E-state index in [-0.39, 0.29) is 14.9 Å². The molecule has 1 N–H and O–H groups in total. The highest BCUT2D eigenvalue weighted by atomic mass is 35.5. The zero-order valence-electron chi connectivity index (χ0n) is 10.8. The van der Waals surface area contributed by atoms with Crippen molar-refractivity contribution in [2.75, 3.05) is 0 Å². The van der Waals surface area contributed by atoms with Gasteiger partial charge in [0.05, 0.1) is 5.02 Å². The fraction of sp³-hybridized carbons (Fsp3) is 0.231. The molecule has 2 heterocycles. The SMILES string of the molecule is O=C(c1sc2ccccc2c1Cl)N1N=CC[C@@]1(O)C(F)(F)F. The van der Waals surface area contributed by atoms with Gasteiger partial charge in [0, 0.05) is 22.7 Å². The minimum atomic E-state index is -5.03. The van der Waals surface area contributed by atoms with E-state index in [1.54, 1.807) is 24.3 Å². The molecule has 1 amide bonds.